The number of aromatic nitrogens is 3. The van der Waals surface area contributed by atoms with Gasteiger partial charge in [0, 0.05) is 29.7 Å². The summed E-state index contributed by atoms with van der Waals surface area (Å²) >= 11 is 0. The molecule has 0 radical (unpaired) electrons. The molecule has 3 unspecified atom stereocenters. The third-order valence-electron chi connectivity index (χ3n) is 7.87. The van der Waals surface area contributed by atoms with E-state index in [9.17, 15) is 4.79 Å². The maximum atomic E-state index is 11.8. The highest BCUT2D eigenvalue weighted by Gasteiger charge is 2.61. The van der Waals surface area contributed by atoms with Crippen molar-refractivity contribution in [3.63, 3.8) is 0 Å². The molecular weight excluding hydrogens is 476 g/mol. The van der Waals surface area contributed by atoms with Gasteiger partial charge in [0.05, 0.1) is 17.0 Å². The molecule has 1 aliphatic carbocycles. The largest absolute Gasteiger partial charge is 0.488 e. The van der Waals surface area contributed by atoms with Crippen molar-refractivity contribution in [2.45, 2.75) is 37.7 Å². The molecule has 2 N–H and O–H groups in total. The van der Waals surface area contributed by atoms with E-state index in [0.29, 0.717) is 18.7 Å². The van der Waals surface area contributed by atoms with Gasteiger partial charge in [0.25, 0.3) is 0 Å². The minimum atomic E-state index is -0.0135. The fourth-order valence-electron chi connectivity index (χ4n) is 5.97. The summed E-state index contributed by atoms with van der Waals surface area (Å²) in [5, 5.41) is 2.84. The highest BCUT2D eigenvalue weighted by molar-refractivity contribution is 5.93. The van der Waals surface area contributed by atoms with Crippen LogP contribution in [0, 0.1) is 6.92 Å². The van der Waals surface area contributed by atoms with Crippen molar-refractivity contribution in [2.24, 2.45) is 0 Å². The molecule has 7 heteroatoms. The van der Waals surface area contributed by atoms with E-state index in [4.69, 9.17) is 14.5 Å². The zero-order valence-electron chi connectivity index (χ0n) is 20.7. The molecule has 2 aromatic heterocycles. The number of hydrogen-bond donors (Lipinski definition) is 2. The lowest BCUT2D eigenvalue weighted by Gasteiger charge is -2.19. The quantitative estimate of drug-likeness (QED) is 0.304. The van der Waals surface area contributed by atoms with E-state index in [0.717, 1.165) is 50.8 Å². The molecule has 7 nitrogen and oxygen atoms in total. The van der Waals surface area contributed by atoms with Gasteiger partial charge in [-0.3, -0.25) is 4.79 Å². The van der Waals surface area contributed by atoms with Crippen LogP contribution in [0.15, 0.2) is 72.9 Å². The summed E-state index contributed by atoms with van der Waals surface area (Å²) in [5.41, 5.74) is 7.50. The number of carbonyl (C=O) groups is 1. The Labute approximate surface area is 218 Å². The average Bonchev–Trinajstić information content (AvgIpc) is 3.27. The summed E-state index contributed by atoms with van der Waals surface area (Å²) in [5.74, 6) is 4.41. The van der Waals surface area contributed by atoms with Crippen LogP contribution >= 0.6 is 0 Å². The van der Waals surface area contributed by atoms with Gasteiger partial charge in [-0.25, -0.2) is 9.97 Å². The first-order chi connectivity index (χ1) is 18.6. The summed E-state index contributed by atoms with van der Waals surface area (Å²) in [6, 6.07) is 22.7. The number of carbonyl (C=O) groups excluding carboxylic acids is 1. The summed E-state index contributed by atoms with van der Waals surface area (Å²) in [6.45, 7) is 2.06. The van der Waals surface area contributed by atoms with Crippen LogP contribution in [0.1, 0.15) is 40.8 Å². The fraction of sp³-hybridized carbons (Fsp3) is 0.194. The van der Waals surface area contributed by atoms with Crippen molar-refractivity contribution in [2.75, 3.05) is 5.32 Å². The van der Waals surface area contributed by atoms with Crippen LogP contribution in [-0.4, -0.2) is 27.0 Å². The Balaban J connectivity index is 1.09. The highest BCUT2D eigenvalue weighted by Crippen LogP contribution is 2.64. The molecule has 8 rings (SSSR count). The lowest BCUT2D eigenvalue weighted by Crippen LogP contribution is -2.20. The normalized spacial score (nSPS) is 20.8. The Kier molecular flexibility index (Phi) is 4.47. The van der Waals surface area contributed by atoms with Gasteiger partial charge in [0.15, 0.2) is 0 Å². The van der Waals surface area contributed by atoms with Gasteiger partial charge in [-0.15, -0.1) is 0 Å². The first kappa shape index (κ1) is 21.4. The van der Waals surface area contributed by atoms with E-state index < -0.39 is 0 Å². The Hall–Kier alpha value is -4.65. The maximum absolute atomic E-state index is 11.8. The fourth-order valence-corrected chi connectivity index (χ4v) is 5.97. The van der Waals surface area contributed by atoms with Crippen molar-refractivity contribution in [1.82, 2.24) is 15.0 Å². The number of nitrogens with one attached hydrogen (secondary N) is 2. The summed E-state index contributed by atoms with van der Waals surface area (Å²) in [7, 11) is 0. The van der Waals surface area contributed by atoms with Gasteiger partial charge in [0.1, 0.15) is 35.0 Å². The Morgan fingerprint density at radius 3 is 2.76 bits per heavy atom. The molecule has 1 amide bonds. The summed E-state index contributed by atoms with van der Waals surface area (Å²) in [6.07, 6.45) is 2.79. The number of rotatable bonds is 4. The van der Waals surface area contributed by atoms with Gasteiger partial charge in [-0.1, -0.05) is 36.4 Å². The zero-order valence-corrected chi connectivity index (χ0v) is 20.7. The number of anilines is 1. The first-order valence-corrected chi connectivity index (χ1v) is 12.9. The molecule has 38 heavy (non-hydrogen) atoms. The molecule has 3 aliphatic rings. The van der Waals surface area contributed by atoms with E-state index in [2.05, 4.69) is 70.7 Å². The van der Waals surface area contributed by atoms with Crippen LogP contribution in [0.4, 0.5) is 5.82 Å². The Morgan fingerprint density at radius 2 is 1.87 bits per heavy atom. The number of imidazole rings is 1. The third-order valence-corrected chi connectivity index (χ3v) is 7.87. The number of benzene rings is 3. The second-order valence-corrected chi connectivity index (χ2v) is 10.3. The maximum Gasteiger partial charge on any atom is 0.225 e. The molecule has 2 aliphatic heterocycles. The molecule has 3 aromatic carbocycles. The number of hydrogen-bond acceptors (Lipinski definition) is 5. The molecule has 1 fully saturated rings. The molecule has 186 valence electrons. The minimum Gasteiger partial charge on any atom is -0.488 e. The van der Waals surface area contributed by atoms with Crippen LogP contribution < -0.4 is 14.8 Å². The van der Waals surface area contributed by atoms with Crippen molar-refractivity contribution in [3.8, 4) is 28.4 Å². The first-order valence-electron chi connectivity index (χ1n) is 12.9. The number of amides is 1. The average molecular weight is 501 g/mol. The molecule has 0 bridgehead atoms. The predicted octanol–water partition coefficient (Wildman–Crippen LogP) is 6.25. The Bertz CT molecular complexity index is 1760. The Morgan fingerprint density at radius 1 is 0.974 bits per heavy atom. The second kappa shape index (κ2) is 7.92. The van der Waals surface area contributed by atoms with E-state index in [1.807, 2.05) is 18.2 Å². The third kappa shape index (κ3) is 3.31. The highest BCUT2D eigenvalue weighted by atomic mass is 16.5. The van der Waals surface area contributed by atoms with Crippen LogP contribution in [0.3, 0.4) is 0 Å². The number of ether oxygens (including phenoxy) is 2. The molecule has 3 atom stereocenters. The topological polar surface area (TPSA) is 89.1 Å². The number of H-pyrrole nitrogens is 1. The second-order valence-electron chi connectivity index (χ2n) is 10.3. The molecule has 0 spiro atoms. The predicted molar refractivity (Wildman–Crippen MR) is 144 cm³/mol. The van der Waals surface area contributed by atoms with Gasteiger partial charge < -0.3 is 19.8 Å². The molecule has 4 heterocycles. The van der Waals surface area contributed by atoms with Crippen molar-refractivity contribution in [1.29, 1.82) is 0 Å². The zero-order chi connectivity index (χ0) is 25.4. The van der Waals surface area contributed by atoms with E-state index >= 15 is 0 Å². The van der Waals surface area contributed by atoms with E-state index in [1.54, 1.807) is 6.20 Å². The molecule has 0 saturated heterocycles. The SMILES string of the molecule is Cc1cc(Oc2ccnc3c2CCC(=O)N3)cc2c1OC1C(c3nc4ccc(-c5ccccc5)cc4[nH]3)C21. The lowest BCUT2D eigenvalue weighted by atomic mass is 10.0. The van der Waals surface area contributed by atoms with Crippen LogP contribution in [-0.2, 0) is 11.2 Å². The number of aromatic amines is 1. The van der Waals surface area contributed by atoms with Gasteiger partial charge in [-0.2, -0.15) is 0 Å². The summed E-state index contributed by atoms with van der Waals surface area (Å²) in [4.78, 5) is 24.6. The number of nitrogens with zero attached hydrogens (tertiary/aromatic N) is 2. The number of pyridine rings is 1. The van der Waals surface area contributed by atoms with Gasteiger partial charge in [-0.05, 0) is 60.4 Å². The number of aryl methyl sites for hydroxylation is 1. The summed E-state index contributed by atoms with van der Waals surface area (Å²) < 4.78 is 12.8. The van der Waals surface area contributed by atoms with E-state index in [-0.39, 0.29) is 23.8 Å². The standard InChI is InChI=1S/C31H24N4O3/c1-16-13-19(37-24-11-12-32-30-20(24)8-10-25(36)35-30)15-21-26-27(29(26)38-28(16)21)31-33-22-9-7-18(14-23(22)34-31)17-5-3-2-4-6-17/h2-7,9,11-15,26-27,29H,8,10H2,1H3,(H,33,34)(H,32,35,36). The smallest absolute Gasteiger partial charge is 0.225 e. The van der Waals surface area contributed by atoms with Crippen molar-refractivity contribution >= 4 is 22.8 Å². The number of fused-ring (bicyclic) bond motifs is 5. The van der Waals surface area contributed by atoms with Crippen molar-refractivity contribution in [3.05, 3.63) is 95.4 Å². The molecular formula is C31H24N4O3. The van der Waals surface area contributed by atoms with Crippen LogP contribution in [0.25, 0.3) is 22.2 Å². The van der Waals surface area contributed by atoms with Crippen LogP contribution in [0.5, 0.6) is 17.2 Å². The molecule has 1 saturated carbocycles. The lowest BCUT2D eigenvalue weighted by molar-refractivity contribution is -0.116. The van der Waals surface area contributed by atoms with E-state index in [1.165, 1.54) is 11.1 Å². The van der Waals surface area contributed by atoms with Gasteiger partial charge in [0.2, 0.25) is 5.91 Å². The molecule has 5 aromatic rings. The van der Waals surface area contributed by atoms with Crippen LogP contribution in [0.2, 0.25) is 0 Å². The van der Waals surface area contributed by atoms with Crippen molar-refractivity contribution < 1.29 is 14.3 Å². The monoisotopic (exact) mass is 500 g/mol. The minimum absolute atomic E-state index is 0.0135. The van der Waals surface area contributed by atoms with Gasteiger partial charge >= 0.3 is 0 Å².